The molecule has 2 heterocycles. The zero-order valence-electron chi connectivity index (χ0n) is 14.1. The third-order valence-electron chi connectivity index (χ3n) is 4.24. The first-order valence-electron chi connectivity index (χ1n) is 8.17. The number of guanidine groups is 1. The number of ether oxygens (including phenoxy) is 1. The lowest BCUT2D eigenvalue weighted by atomic mass is 10.1. The highest BCUT2D eigenvalue weighted by atomic mass is 16.5. The van der Waals surface area contributed by atoms with Crippen molar-refractivity contribution in [2.75, 3.05) is 20.2 Å². The molecule has 0 bridgehead atoms. The summed E-state index contributed by atoms with van der Waals surface area (Å²) >= 11 is 0. The summed E-state index contributed by atoms with van der Waals surface area (Å²) in [7, 11) is 1.30. The van der Waals surface area contributed by atoms with Crippen molar-refractivity contribution in [3.8, 4) is 0 Å². The van der Waals surface area contributed by atoms with Crippen LogP contribution in [-0.2, 0) is 4.74 Å². The molecule has 0 aliphatic carbocycles. The van der Waals surface area contributed by atoms with E-state index in [1.807, 2.05) is 29.2 Å². The standard InChI is InChI=1S/C19H16N4O3/c1-26-18(25)13-6-4-5-12(11-13)17(24)22-19-21-15-8-3-2-7-14(15)16-20-9-10-23(16)19/h2-8,11H,9-10H2,1H3,(H,21,22,24). The predicted molar refractivity (Wildman–Crippen MR) is 96.9 cm³/mol. The minimum Gasteiger partial charge on any atom is -0.465 e. The third kappa shape index (κ3) is 2.73. The number of para-hydroxylation sites is 1. The Balaban J connectivity index is 1.63. The molecule has 0 unspecified atom stereocenters. The molecule has 0 aromatic heterocycles. The van der Waals surface area contributed by atoms with Gasteiger partial charge in [-0.05, 0) is 30.3 Å². The highest BCUT2D eigenvalue weighted by Crippen LogP contribution is 2.27. The fraction of sp³-hybridized carbons (Fsp3) is 0.158. The first kappa shape index (κ1) is 16.0. The van der Waals surface area contributed by atoms with Crippen LogP contribution in [0.3, 0.4) is 0 Å². The van der Waals surface area contributed by atoms with Crippen LogP contribution in [0.2, 0.25) is 0 Å². The average Bonchev–Trinajstić information content (AvgIpc) is 3.18. The van der Waals surface area contributed by atoms with E-state index in [0.29, 0.717) is 30.2 Å². The lowest BCUT2D eigenvalue weighted by Gasteiger charge is -2.27. The number of hydrogen-bond acceptors (Lipinski definition) is 6. The van der Waals surface area contributed by atoms with E-state index < -0.39 is 5.97 Å². The first-order valence-corrected chi connectivity index (χ1v) is 8.17. The van der Waals surface area contributed by atoms with Crippen LogP contribution in [0.15, 0.2) is 58.5 Å². The number of hydrogen-bond donors (Lipinski definition) is 1. The van der Waals surface area contributed by atoms with Gasteiger partial charge in [-0.25, -0.2) is 9.79 Å². The monoisotopic (exact) mass is 348 g/mol. The van der Waals surface area contributed by atoms with Crippen molar-refractivity contribution >= 4 is 29.4 Å². The van der Waals surface area contributed by atoms with Crippen LogP contribution >= 0.6 is 0 Å². The van der Waals surface area contributed by atoms with Gasteiger partial charge in [-0.2, -0.15) is 0 Å². The van der Waals surface area contributed by atoms with E-state index in [1.165, 1.54) is 13.2 Å². The Kier molecular flexibility index (Phi) is 3.96. The molecule has 2 aliphatic rings. The Morgan fingerprint density at radius 3 is 2.77 bits per heavy atom. The smallest absolute Gasteiger partial charge is 0.337 e. The maximum atomic E-state index is 12.7. The van der Waals surface area contributed by atoms with Gasteiger partial charge in [-0.15, -0.1) is 0 Å². The van der Waals surface area contributed by atoms with Crippen LogP contribution < -0.4 is 5.32 Å². The maximum absolute atomic E-state index is 12.7. The van der Waals surface area contributed by atoms with Crippen molar-refractivity contribution in [1.29, 1.82) is 0 Å². The molecule has 0 fully saturated rings. The van der Waals surface area contributed by atoms with Crippen molar-refractivity contribution in [3.63, 3.8) is 0 Å². The van der Waals surface area contributed by atoms with Crippen molar-refractivity contribution in [2.45, 2.75) is 0 Å². The van der Waals surface area contributed by atoms with E-state index in [9.17, 15) is 9.59 Å². The summed E-state index contributed by atoms with van der Waals surface area (Å²) in [6.45, 7) is 1.31. The maximum Gasteiger partial charge on any atom is 0.337 e. The highest BCUT2D eigenvalue weighted by Gasteiger charge is 2.30. The van der Waals surface area contributed by atoms with Gasteiger partial charge < -0.3 is 4.74 Å². The molecule has 26 heavy (non-hydrogen) atoms. The molecule has 2 aromatic carbocycles. The van der Waals surface area contributed by atoms with Gasteiger partial charge >= 0.3 is 5.97 Å². The first-order chi connectivity index (χ1) is 12.7. The highest BCUT2D eigenvalue weighted by molar-refractivity contribution is 6.19. The molecule has 1 N–H and O–H groups in total. The van der Waals surface area contributed by atoms with E-state index in [-0.39, 0.29) is 5.91 Å². The van der Waals surface area contributed by atoms with Gasteiger partial charge in [0.05, 0.1) is 24.9 Å². The van der Waals surface area contributed by atoms with Crippen molar-refractivity contribution in [1.82, 2.24) is 10.2 Å². The average molecular weight is 348 g/mol. The second kappa shape index (κ2) is 6.44. The lowest BCUT2D eigenvalue weighted by Crippen LogP contribution is -2.47. The number of carbonyl (C=O) groups excluding carboxylic acids is 2. The molecule has 130 valence electrons. The summed E-state index contributed by atoms with van der Waals surface area (Å²) in [5.74, 6) is 0.417. The number of fused-ring (bicyclic) bond motifs is 3. The van der Waals surface area contributed by atoms with Crippen molar-refractivity contribution in [2.24, 2.45) is 9.98 Å². The largest absolute Gasteiger partial charge is 0.465 e. The van der Waals surface area contributed by atoms with Gasteiger partial charge in [-0.1, -0.05) is 18.2 Å². The number of nitrogens with zero attached hydrogens (tertiary/aromatic N) is 3. The minimum atomic E-state index is -0.488. The summed E-state index contributed by atoms with van der Waals surface area (Å²) in [5.41, 5.74) is 2.39. The Bertz CT molecular complexity index is 965. The van der Waals surface area contributed by atoms with Gasteiger partial charge in [0.15, 0.2) is 0 Å². The lowest BCUT2D eigenvalue weighted by molar-refractivity contribution is 0.0600. The summed E-state index contributed by atoms with van der Waals surface area (Å²) in [4.78, 5) is 35.3. The number of benzene rings is 2. The van der Waals surface area contributed by atoms with Crippen LogP contribution in [-0.4, -0.2) is 48.8 Å². The number of rotatable bonds is 2. The molecule has 0 atom stereocenters. The molecule has 1 amide bonds. The quantitative estimate of drug-likeness (QED) is 0.841. The number of carbonyl (C=O) groups is 2. The molecule has 2 aromatic rings. The molecule has 2 aliphatic heterocycles. The van der Waals surface area contributed by atoms with Gasteiger partial charge in [0.2, 0.25) is 5.96 Å². The Morgan fingerprint density at radius 2 is 1.92 bits per heavy atom. The number of esters is 1. The molecule has 0 spiro atoms. The molecule has 7 heteroatoms. The fourth-order valence-electron chi connectivity index (χ4n) is 2.99. The van der Waals surface area contributed by atoms with Gasteiger partial charge in [-0.3, -0.25) is 20.0 Å². The molecule has 4 rings (SSSR count). The molecule has 0 radical (unpaired) electrons. The van der Waals surface area contributed by atoms with Crippen LogP contribution in [0.4, 0.5) is 5.69 Å². The van der Waals surface area contributed by atoms with E-state index in [4.69, 9.17) is 4.74 Å². The van der Waals surface area contributed by atoms with Crippen LogP contribution in [0.25, 0.3) is 0 Å². The van der Waals surface area contributed by atoms with E-state index in [2.05, 4.69) is 15.3 Å². The number of nitrogens with one attached hydrogen (secondary N) is 1. The normalized spacial score (nSPS) is 14.7. The number of aliphatic imine (C=N–C) groups is 2. The number of amidine groups is 1. The van der Waals surface area contributed by atoms with Gasteiger partial charge in [0.25, 0.3) is 5.91 Å². The van der Waals surface area contributed by atoms with E-state index in [1.54, 1.807) is 18.2 Å². The fourth-order valence-corrected chi connectivity index (χ4v) is 2.99. The third-order valence-corrected chi connectivity index (χ3v) is 4.24. The summed E-state index contributed by atoms with van der Waals surface area (Å²) < 4.78 is 4.70. The number of methoxy groups -OCH3 is 1. The number of amides is 1. The molecule has 0 saturated heterocycles. The van der Waals surface area contributed by atoms with Crippen molar-refractivity contribution in [3.05, 3.63) is 65.2 Å². The van der Waals surface area contributed by atoms with E-state index >= 15 is 0 Å². The second-order valence-corrected chi connectivity index (χ2v) is 5.84. The Hall–Kier alpha value is -3.48. The zero-order chi connectivity index (χ0) is 18.1. The van der Waals surface area contributed by atoms with Crippen LogP contribution in [0, 0.1) is 0 Å². The molecular formula is C19H16N4O3. The molecule has 0 saturated carbocycles. The van der Waals surface area contributed by atoms with E-state index in [0.717, 1.165) is 17.1 Å². The van der Waals surface area contributed by atoms with Crippen molar-refractivity contribution < 1.29 is 14.3 Å². The minimum absolute atomic E-state index is 0.319. The molecular weight excluding hydrogens is 332 g/mol. The Morgan fingerprint density at radius 1 is 1.12 bits per heavy atom. The van der Waals surface area contributed by atoms with Gasteiger partial charge in [0, 0.05) is 17.7 Å². The molecule has 7 nitrogen and oxygen atoms in total. The second-order valence-electron chi connectivity index (χ2n) is 5.84. The SMILES string of the molecule is COC(=O)c1cccc(C(=O)NC2=Nc3ccccc3C3=NCCN23)c1. The summed E-state index contributed by atoms with van der Waals surface area (Å²) in [6.07, 6.45) is 0. The Labute approximate surface area is 150 Å². The summed E-state index contributed by atoms with van der Waals surface area (Å²) in [5, 5.41) is 2.84. The topological polar surface area (TPSA) is 83.4 Å². The van der Waals surface area contributed by atoms with Gasteiger partial charge in [0.1, 0.15) is 5.84 Å². The predicted octanol–water partition coefficient (Wildman–Crippen LogP) is 1.97. The zero-order valence-corrected chi connectivity index (χ0v) is 14.1. The van der Waals surface area contributed by atoms with Crippen LogP contribution in [0.1, 0.15) is 26.3 Å². The summed E-state index contributed by atoms with van der Waals surface area (Å²) in [6, 6.07) is 14.1. The van der Waals surface area contributed by atoms with Crippen LogP contribution in [0.5, 0.6) is 0 Å².